The van der Waals surface area contributed by atoms with Crippen LogP contribution in [-0.4, -0.2) is 15.1 Å². The fourth-order valence-electron chi connectivity index (χ4n) is 2.53. The summed E-state index contributed by atoms with van der Waals surface area (Å²) in [7, 11) is 0. The maximum atomic E-state index is 10.1. The number of fused-ring (bicyclic) bond motifs is 1. The van der Waals surface area contributed by atoms with Gasteiger partial charge < -0.3 is 10.4 Å². The lowest BCUT2D eigenvalue weighted by atomic mass is 10.0. The Bertz CT molecular complexity index is 898. The van der Waals surface area contributed by atoms with E-state index in [-0.39, 0.29) is 5.75 Å². The molecular formula is C17H15ClIN3O. The molecule has 0 saturated carbocycles. The Morgan fingerprint density at radius 3 is 2.57 bits per heavy atom. The first-order chi connectivity index (χ1) is 10.9. The number of phenolic OH excluding ortho intramolecular Hbond substituents is 1. The molecule has 3 aromatic rings. The molecule has 0 spiro atoms. The monoisotopic (exact) mass is 439 g/mol. The normalized spacial score (nSPS) is 11.0. The van der Waals surface area contributed by atoms with Crippen LogP contribution in [0, 0.1) is 24.3 Å². The lowest BCUT2D eigenvalue weighted by Crippen LogP contribution is -2.02. The highest BCUT2D eigenvalue weighted by atomic mass is 127. The molecule has 0 fully saturated rings. The molecule has 2 aromatic carbocycles. The molecule has 0 bridgehead atoms. The molecule has 0 aliphatic rings. The molecule has 2 N–H and O–H groups in total. The first-order valence-corrected chi connectivity index (χ1v) is 8.51. The number of aromatic hydroxyl groups is 1. The number of nitrogens with one attached hydrogen (secondary N) is 1. The zero-order chi connectivity index (χ0) is 16.7. The van der Waals surface area contributed by atoms with E-state index in [9.17, 15) is 5.11 Å². The van der Waals surface area contributed by atoms with Gasteiger partial charge in [0, 0.05) is 14.6 Å². The van der Waals surface area contributed by atoms with Crippen molar-refractivity contribution >= 4 is 56.6 Å². The minimum absolute atomic E-state index is 0.134. The van der Waals surface area contributed by atoms with Crippen LogP contribution in [0.2, 0.25) is 5.02 Å². The molecule has 0 aliphatic carbocycles. The second-order valence-electron chi connectivity index (χ2n) is 5.42. The van der Waals surface area contributed by atoms with Crippen molar-refractivity contribution in [2.45, 2.75) is 20.8 Å². The highest BCUT2D eigenvalue weighted by molar-refractivity contribution is 14.1. The van der Waals surface area contributed by atoms with E-state index >= 15 is 0 Å². The maximum absolute atomic E-state index is 10.1. The van der Waals surface area contributed by atoms with E-state index in [4.69, 9.17) is 11.6 Å². The summed E-state index contributed by atoms with van der Waals surface area (Å²) in [6, 6.07) is 6.02. The van der Waals surface area contributed by atoms with Crippen molar-refractivity contribution in [2.75, 3.05) is 5.32 Å². The second kappa shape index (κ2) is 6.13. The Labute approximate surface area is 153 Å². The number of aromatic nitrogens is 2. The minimum atomic E-state index is 0.134. The van der Waals surface area contributed by atoms with Gasteiger partial charge in [0.25, 0.3) is 0 Å². The summed E-state index contributed by atoms with van der Waals surface area (Å²) < 4.78 is 1.11. The van der Waals surface area contributed by atoms with Crippen molar-refractivity contribution in [3.63, 3.8) is 0 Å². The van der Waals surface area contributed by atoms with Gasteiger partial charge in [-0.15, -0.1) is 0 Å². The van der Waals surface area contributed by atoms with Crippen LogP contribution >= 0.6 is 34.2 Å². The van der Waals surface area contributed by atoms with Crippen molar-refractivity contribution in [2.24, 2.45) is 0 Å². The summed E-state index contributed by atoms with van der Waals surface area (Å²) in [6.45, 7) is 5.68. The molecule has 0 unspecified atom stereocenters. The molecule has 0 atom stereocenters. The van der Waals surface area contributed by atoms with E-state index in [0.29, 0.717) is 5.02 Å². The maximum Gasteiger partial charge on any atom is 0.141 e. The third-order valence-corrected chi connectivity index (χ3v) is 5.18. The van der Waals surface area contributed by atoms with Gasteiger partial charge in [0.15, 0.2) is 0 Å². The van der Waals surface area contributed by atoms with Gasteiger partial charge in [-0.2, -0.15) is 0 Å². The zero-order valence-corrected chi connectivity index (χ0v) is 15.8. The summed E-state index contributed by atoms with van der Waals surface area (Å²) in [5.41, 5.74) is 4.24. The van der Waals surface area contributed by atoms with Crippen molar-refractivity contribution in [1.29, 1.82) is 0 Å². The van der Waals surface area contributed by atoms with Crippen LogP contribution < -0.4 is 5.32 Å². The van der Waals surface area contributed by atoms with E-state index in [1.54, 1.807) is 0 Å². The zero-order valence-electron chi connectivity index (χ0n) is 12.9. The number of phenols is 1. The predicted octanol–water partition coefficient (Wildman–Crippen LogP) is 5.26. The molecule has 118 valence electrons. The summed E-state index contributed by atoms with van der Waals surface area (Å²) >= 11 is 8.51. The Balaban J connectivity index is 2.19. The van der Waals surface area contributed by atoms with Crippen molar-refractivity contribution in [3.05, 3.63) is 49.8 Å². The van der Waals surface area contributed by atoms with Gasteiger partial charge in [-0.3, -0.25) is 0 Å². The minimum Gasteiger partial charge on any atom is -0.506 e. The molecule has 0 saturated heterocycles. The van der Waals surface area contributed by atoms with E-state index in [0.717, 1.165) is 42.7 Å². The standard InChI is InChI=1S/C17H15ClIN3O/c1-8-9(2)16(23)14(18)10(3)15(8)22-17-12-6-11(19)4-5-13(12)20-7-21-17/h4-7,23H,1-3H3,(H,20,21,22). The fourth-order valence-corrected chi connectivity index (χ4v) is 3.26. The summed E-state index contributed by atoms with van der Waals surface area (Å²) in [5.74, 6) is 0.857. The van der Waals surface area contributed by atoms with E-state index in [2.05, 4.69) is 37.9 Å². The lowest BCUT2D eigenvalue weighted by molar-refractivity contribution is 0.470. The number of anilines is 2. The lowest BCUT2D eigenvalue weighted by Gasteiger charge is -2.18. The fraction of sp³-hybridized carbons (Fsp3) is 0.176. The second-order valence-corrected chi connectivity index (χ2v) is 7.04. The third-order valence-electron chi connectivity index (χ3n) is 4.05. The van der Waals surface area contributed by atoms with E-state index < -0.39 is 0 Å². The highest BCUT2D eigenvalue weighted by Gasteiger charge is 2.16. The number of rotatable bonds is 2. The average molecular weight is 440 g/mol. The van der Waals surface area contributed by atoms with Gasteiger partial charge in [0.05, 0.1) is 10.5 Å². The predicted molar refractivity (Wildman–Crippen MR) is 103 cm³/mol. The summed E-state index contributed by atoms with van der Waals surface area (Å²) in [6.07, 6.45) is 1.54. The Morgan fingerprint density at radius 2 is 1.83 bits per heavy atom. The summed E-state index contributed by atoms with van der Waals surface area (Å²) in [5, 5.41) is 14.8. The van der Waals surface area contributed by atoms with Crippen molar-refractivity contribution < 1.29 is 5.11 Å². The molecule has 1 heterocycles. The van der Waals surface area contributed by atoms with Crippen LogP contribution in [0.15, 0.2) is 24.5 Å². The molecule has 0 amide bonds. The Hall–Kier alpha value is -1.60. The number of benzene rings is 2. The quantitative estimate of drug-likeness (QED) is 0.422. The van der Waals surface area contributed by atoms with E-state index in [1.165, 1.54) is 6.33 Å². The van der Waals surface area contributed by atoms with Crippen molar-refractivity contribution in [1.82, 2.24) is 9.97 Å². The van der Waals surface area contributed by atoms with Crippen LogP contribution in [0.3, 0.4) is 0 Å². The van der Waals surface area contributed by atoms with E-state index in [1.807, 2.05) is 39.0 Å². The summed E-state index contributed by atoms with van der Waals surface area (Å²) in [4.78, 5) is 8.67. The third kappa shape index (κ3) is 2.83. The number of hydrogen-bond donors (Lipinski definition) is 2. The largest absolute Gasteiger partial charge is 0.506 e. The van der Waals surface area contributed by atoms with Gasteiger partial charge in [-0.05, 0) is 78.3 Å². The van der Waals surface area contributed by atoms with Gasteiger partial charge >= 0.3 is 0 Å². The van der Waals surface area contributed by atoms with Gasteiger partial charge in [0.1, 0.15) is 17.9 Å². The molecule has 23 heavy (non-hydrogen) atoms. The van der Waals surface area contributed by atoms with Crippen molar-refractivity contribution in [3.8, 4) is 5.75 Å². The first kappa shape index (κ1) is 16.3. The van der Waals surface area contributed by atoms with Crippen LogP contribution in [0.5, 0.6) is 5.75 Å². The molecule has 6 heteroatoms. The molecule has 0 radical (unpaired) electrons. The van der Waals surface area contributed by atoms with Crippen LogP contribution in [0.25, 0.3) is 10.9 Å². The number of hydrogen-bond acceptors (Lipinski definition) is 4. The average Bonchev–Trinajstić information content (AvgIpc) is 2.55. The van der Waals surface area contributed by atoms with Gasteiger partial charge in [-0.25, -0.2) is 9.97 Å². The van der Waals surface area contributed by atoms with Crippen LogP contribution in [0.1, 0.15) is 16.7 Å². The molecule has 4 nitrogen and oxygen atoms in total. The SMILES string of the molecule is Cc1c(C)c(Nc2ncnc3ccc(I)cc23)c(C)c(Cl)c1O. The Kier molecular flexibility index (Phi) is 4.33. The highest BCUT2D eigenvalue weighted by Crippen LogP contribution is 2.40. The molecule has 3 rings (SSSR count). The number of nitrogens with zero attached hydrogens (tertiary/aromatic N) is 2. The van der Waals surface area contributed by atoms with Gasteiger partial charge in [-0.1, -0.05) is 11.6 Å². The van der Waals surface area contributed by atoms with Crippen LogP contribution in [0.4, 0.5) is 11.5 Å². The van der Waals surface area contributed by atoms with Gasteiger partial charge in [0.2, 0.25) is 0 Å². The number of halogens is 2. The molecular weight excluding hydrogens is 425 g/mol. The Morgan fingerprint density at radius 1 is 1.09 bits per heavy atom. The molecule has 0 aliphatic heterocycles. The smallest absolute Gasteiger partial charge is 0.141 e. The van der Waals surface area contributed by atoms with Crippen LogP contribution in [-0.2, 0) is 0 Å². The first-order valence-electron chi connectivity index (χ1n) is 7.05. The topological polar surface area (TPSA) is 58.0 Å². The molecule has 1 aromatic heterocycles.